The zero-order valence-corrected chi connectivity index (χ0v) is 18.9. The van der Waals surface area contributed by atoms with Gasteiger partial charge in [0.15, 0.2) is 11.5 Å². The van der Waals surface area contributed by atoms with Crippen LogP contribution in [0.25, 0.3) is 10.9 Å². The molecule has 2 heterocycles. The summed E-state index contributed by atoms with van der Waals surface area (Å²) >= 11 is 5.83. The molecule has 1 aliphatic heterocycles. The van der Waals surface area contributed by atoms with Crippen LogP contribution in [0, 0.1) is 5.82 Å². The standard InChI is InChI=1S/C23H24ClFN4O4/c1-31-20-12-16-19(26-14-27-23(16)28-18-5-4-15(24)11-17(18)25)13-21(20)33-10-9-32-8-7-29-6-2-3-22(29)30/h4-5,11-14H,2-3,6-10H2,1H3,(H,26,27,28). The van der Waals surface area contributed by atoms with Crippen LogP contribution in [0.1, 0.15) is 12.8 Å². The Morgan fingerprint density at radius 1 is 1.15 bits per heavy atom. The molecule has 174 valence electrons. The van der Waals surface area contributed by atoms with Gasteiger partial charge in [0.25, 0.3) is 0 Å². The second-order valence-electron chi connectivity index (χ2n) is 7.44. The first-order valence-corrected chi connectivity index (χ1v) is 11.0. The number of carbonyl (C=O) groups is 1. The molecular formula is C23H24ClFN4O4. The number of carbonyl (C=O) groups excluding carboxylic acids is 1. The molecule has 8 nitrogen and oxygen atoms in total. The molecule has 0 unspecified atom stereocenters. The van der Waals surface area contributed by atoms with E-state index in [0.29, 0.717) is 66.0 Å². The van der Waals surface area contributed by atoms with Crippen LogP contribution in [0.4, 0.5) is 15.9 Å². The van der Waals surface area contributed by atoms with Gasteiger partial charge in [0.05, 0.1) is 31.5 Å². The molecule has 0 spiro atoms. The smallest absolute Gasteiger partial charge is 0.222 e. The number of benzene rings is 2. The summed E-state index contributed by atoms with van der Waals surface area (Å²) in [6, 6.07) is 7.83. The Bertz CT molecular complexity index is 1150. The van der Waals surface area contributed by atoms with Crippen LogP contribution in [-0.2, 0) is 9.53 Å². The lowest BCUT2D eigenvalue weighted by Gasteiger charge is -2.16. The summed E-state index contributed by atoms with van der Waals surface area (Å²) in [5, 5.41) is 3.93. The molecule has 1 N–H and O–H groups in total. The third-order valence-corrected chi connectivity index (χ3v) is 5.50. The van der Waals surface area contributed by atoms with Gasteiger partial charge >= 0.3 is 0 Å². The van der Waals surface area contributed by atoms with Crippen molar-refractivity contribution < 1.29 is 23.4 Å². The Hall–Kier alpha value is -3.17. The Kier molecular flexibility index (Phi) is 7.41. The van der Waals surface area contributed by atoms with Crippen LogP contribution in [0.15, 0.2) is 36.7 Å². The maximum atomic E-state index is 14.2. The van der Waals surface area contributed by atoms with Gasteiger partial charge in [0, 0.05) is 36.0 Å². The van der Waals surface area contributed by atoms with E-state index in [1.54, 1.807) is 24.3 Å². The average molecular weight is 475 g/mol. The van der Waals surface area contributed by atoms with Crippen molar-refractivity contribution >= 4 is 39.9 Å². The molecule has 1 aromatic heterocycles. The number of methoxy groups -OCH3 is 1. The zero-order valence-electron chi connectivity index (χ0n) is 18.1. The second kappa shape index (κ2) is 10.6. The number of hydrogen-bond acceptors (Lipinski definition) is 7. The van der Waals surface area contributed by atoms with Crippen molar-refractivity contribution in [3.63, 3.8) is 0 Å². The molecule has 0 radical (unpaired) electrons. The van der Waals surface area contributed by atoms with Crippen molar-refractivity contribution in [2.24, 2.45) is 0 Å². The number of hydrogen-bond donors (Lipinski definition) is 1. The van der Waals surface area contributed by atoms with Gasteiger partial charge in [-0.25, -0.2) is 14.4 Å². The van der Waals surface area contributed by atoms with Gasteiger partial charge in [-0.3, -0.25) is 4.79 Å². The molecule has 2 aromatic carbocycles. The minimum Gasteiger partial charge on any atom is -0.493 e. The molecule has 0 saturated carbocycles. The van der Waals surface area contributed by atoms with Crippen LogP contribution < -0.4 is 14.8 Å². The first-order valence-electron chi connectivity index (χ1n) is 10.6. The molecule has 1 fully saturated rings. The highest BCUT2D eigenvalue weighted by atomic mass is 35.5. The van der Waals surface area contributed by atoms with Crippen LogP contribution >= 0.6 is 11.6 Å². The van der Waals surface area contributed by atoms with Crippen LogP contribution in [0.2, 0.25) is 5.02 Å². The first kappa shape index (κ1) is 23.0. The minimum atomic E-state index is -0.490. The number of anilines is 2. The van der Waals surface area contributed by atoms with Crippen LogP contribution in [0.3, 0.4) is 0 Å². The monoisotopic (exact) mass is 474 g/mol. The molecule has 4 rings (SSSR count). The largest absolute Gasteiger partial charge is 0.493 e. The molecule has 33 heavy (non-hydrogen) atoms. The molecule has 0 bridgehead atoms. The Morgan fingerprint density at radius 2 is 2.03 bits per heavy atom. The molecular weight excluding hydrogens is 451 g/mol. The number of aromatic nitrogens is 2. The molecule has 1 saturated heterocycles. The number of nitrogens with zero attached hydrogens (tertiary/aromatic N) is 3. The van der Waals surface area contributed by atoms with E-state index in [-0.39, 0.29) is 11.6 Å². The Balaban J connectivity index is 1.40. The molecule has 10 heteroatoms. The summed E-state index contributed by atoms with van der Waals surface area (Å²) in [5.41, 5.74) is 0.845. The van der Waals surface area contributed by atoms with Crippen molar-refractivity contribution in [3.8, 4) is 11.5 Å². The number of likely N-dealkylation sites (tertiary alicyclic amines) is 1. The predicted molar refractivity (Wildman–Crippen MR) is 123 cm³/mol. The van der Waals surface area contributed by atoms with E-state index < -0.39 is 5.82 Å². The maximum Gasteiger partial charge on any atom is 0.222 e. The third kappa shape index (κ3) is 5.61. The fourth-order valence-electron chi connectivity index (χ4n) is 3.58. The minimum absolute atomic E-state index is 0.186. The van der Waals surface area contributed by atoms with Gasteiger partial charge in [0.1, 0.15) is 24.6 Å². The van der Waals surface area contributed by atoms with Crippen molar-refractivity contribution in [1.82, 2.24) is 14.9 Å². The van der Waals surface area contributed by atoms with Crippen molar-refractivity contribution in [1.29, 1.82) is 0 Å². The predicted octanol–water partition coefficient (Wildman–Crippen LogP) is 4.19. The quantitative estimate of drug-likeness (QED) is 0.441. The SMILES string of the molecule is COc1cc2c(Nc3ccc(Cl)cc3F)ncnc2cc1OCCOCCN1CCCC1=O. The summed E-state index contributed by atoms with van der Waals surface area (Å²) in [5.74, 6) is 1.11. The van der Waals surface area contributed by atoms with Gasteiger partial charge in [-0.15, -0.1) is 0 Å². The number of rotatable bonds is 10. The van der Waals surface area contributed by atoms with Crippen LogP contribution in [-0.4, -0.2) is 60.8 Å². The van der Waals surface area contributed by atoms with E-state index in [9.17, 15) is 9.18 Å². The summed E-state index contributed by atoms with van der Waals surface area (Å²) in [7, 11) is 1.54. The van der Waals surface area contributed by atoms with E-state index in [4.69, 9.17) is 25.8 Å². The average Bonchev–Trinajstić information content (AvgIpc) is 3.22. The highest BCUT2D eigenvalue weighted by Crippen LogP contribution is 2.35. The van der Waals surface area contributed by atoms with Gasteiger partial charge in [0.2, 0.25) is 5.91 Å². The number of amides is 1. The van der Waals surface area contributed by atoms with E-state index in [1.165, 1.54) is 19.5 Å². The summed E-state index contributed by atoms with van der Waals surface area (Å²) in [6.45, 7) is 2.54. The highest BCUT2D eigenvalue weighted by molar-refractivity contribution is 6.30. The molecule has 0 atom stereocenters. The normalized spacial score (nSPS) is 13.5. The lowest BCUT2D eigenvalue weighted by molar-refractivity contribution is -0.128. The van der Waals surface area contributed by atoms with Crippen molar-refractivity contribution in [3.05, 3.63) is 47.5 Å². The molecule has 1 aliphatic rings. The van der Waals surface area contributed by atoms with Gasteiger partial charge in [-0.05, 0) is 30.7 Å². The van der Waals surface area contributed by atoms with E-state index in [1.807, 2.05) is 4.90 Å². The molecule has 1 amide bonds. The molecule has 3 aromatic rings. The maximum absolute atomic E-state index is 14.2. The van der Waals surface area contributed by atoms with Crippen molar-refractivity contribution in [2.75, 3.05) is 45.3 Å². The van der Waals surface area contributed by atoms with E-state index >= 15 is 0 Å². The number of halogens is 2. The lowest BCUT2D eigenvalue weighted by Crippen LogP contribution is -2.28. The Labute approximate surface area is 195 Å². The zero-order chi connectivity index (χ0) is 23.2. The number of nitrogens with one attached hydrogen (secondary N) is 1. The van der Waals surface area contributed by atoms with Gasteiger partial charge < -0.3 is 24.4 Å². The third-order valence-electron chi connectivity index (χ3n) is 5.27. The fraction of sp³-hybridized carbons (Fsp3) is 0.348. The number of ether oxygens (including phenoxy) is 3. The second-order valence-corrected chi connectivity index (χ2v) is 7.87. The molecule has 0 aliphatic carbocycles. The topological polar surface area (TPSA) is 85.8 Å². The van der Waals surface area contributed by atoms with Crippen molar-refractivity contribution in [2.45, 2.75) is 12.8 Å². The van der Waals surface area contributed by atoms with E-state index in [0.717, 1.165) is 13.0 Å². The summed E-state index contributed by atoms with van der Waals surface area (Å²) in [6.07, 6.45) is 2.93. The summed E-state index contributed by atoms with van der Waals surface area (Å²) in [4.78, 5) is 22.0. The number of fused-ring (bicyclic) bond motifs is 1. The van der Waals surface area contributed by atoms with Gasteiger partial charge in [-0.2, -0.15) is 0 Å². The fourth-order valence-corrected chi connectivity index (χ4v) is 3.74. The summed E-state index contributed by atoms with van der Waals surface area (Å²) < 4.78 is 31.1. The first-order chi connectivity index (χ1) is 16.0. The Morgan fingerprint density at radius 3 is 2.79 bits per heavy atom. The van der Waals surface area contributed by atoms with Crippen LogP contribution in [0.5, 0.6) is 11.5 Å². The highest BCUT2D eigenvalue weighted by Gasteiger charge is 2.19. The van der Waals surface area contributed by atoms with Gasteiger partial charge in [-0.1, -0.05) is 11.6 Å². The van der Waals surface area contributed by atoms with E-state index in [2.05, 4.69) is 15.3 Å². The lowest BCUT2D eigenvalue weighted by atomic mass is 10.2.